The minimum absolute atomic E-state index is 0.0329. The third-order valence-electron chi connectivity index (χ3n) is 2.11. The molecule has 0 radical (unpaired) electrons. The molecule has 0 bridgehead atoms. The van der Waals surface area contributed by atoms with Gasteiger partial charge >= 0.3 is 0 Å². The summed E-state index contributed by atoms with van der Waals surface area (Å²) < 4.78 is 0. The van der Waals surface area contributed by atoms with Crippen molar-refractivity contribution in [3.63, 3.8) is 0 Å². The Balaban J connectivity index is 3.15. The van der Waals surface area contributed by atoms with Gasteiger partial charge < -0.3 is 5.11 Å². The second kappa shape index (κ2) is 4.19. The van der Waals surface area contributed by atoms with Crippen molar-refractivity contribution in [1.29, 1.82) is 0 Å². The lowest BCUT2D eigenvalue weighted by Gasteiger charge is -2.05. The minimum atomic E-state index is 0.0329. The first-order chi connectivity index (χ1) is 6.19. The Labute approximate surface area is 78.2 Å². The number of rotatable bonds is 3. The molecule has 1 aromatic carbocycles. The Morgan fingerprint density at radius 2 is 2.15 bits per heavy atom. The molecule has 1 N–H and O–H groups in total. The van der Waals surface area contributed by atoms with Crippen LogP contribution in [0.4, 0.5) is 0 Å². The molecule has 0 heterocycles. The van der Waals surface area contributed by atoms with Crippen molar-refractivity contribution in [1.82, 2.24) is 0 Å². The zero-order chi connectivity index (χ0) is 9.84. The number of aliphatic hydroxyl groups excluding tert-OH is 1. The second-order valence-corrected chi connectivity index (χ2v) is 3.06. The van der Waals surface area contributed by atoms with E-state index >= 15 is 0 Å². The fourth-order valence-corrected chi connectivity index (χ4v) is 1.38. The fourth-order valence-electron chi connectivity index (χ4n) is 1.38. The summed E-state index contributed by atoms with van der Waals surface area (Å²) in [7, 11) is 0. The maximum atomic E-state index is 11.2. The summed E-state index contributed by atoms with van der Waals surface area (Å²) in [6.07, 6.45) is 0.822. The van der Waals surface area contributed by atoms with Gasteiger partial charge in [-0.15, -0.1) is 0 Å². The molecule has 0 spiro atoms. The molecule has 0 atom stereocenters. The third kappa shape index (κ3) is 2.16. The molecule has 0 saturated heterocycles. The van der Waals surface area contributed by atoms with Crippen LogP contribution >= 0.6 is 0 Å². The van der Waals surface area contributed by atoms with Crippen LogP contribution in [0.3, 0.4) is 0 Å². The largest absolute Gasteiger partial charge is 0.392 e. The Morgan fingerprint density at radius 3 is 2.62 bits per heavy atom. The molecule has 0 saturated carbocycles. The summed E-state index contributed by atoms with van der Waals surface area (Å²) in [6, 6.07) is 5.46. The predicted molar refractivity (Wildman–Crippen MR) is 51.7 cm³/mol. The summed E-state index contributed by atoms with van der Waals surface area (Å²) in [5, 5.41) is 8.90. The molecule has 0 aliphatic heterocycles. The summed E-state index contributed by atoms with van der Waals surface area (Å²) in [5.74, 6) is 0.0846. The topological polar surface area (TPSA) is 37.3 Å². The molecule has 1 aromatic rings. The first kappa shape index (κ1) is 9.93. The van der Waals surface area contributed by atoms with Crippen molar-refractivity contribution >= 4 is 5.78 Å². The third-order valence-corrected chi connectivity index (χ3v) is 2.11. The van der Waals surface area contributed by atoms with Crippen LogP contribution in [0.15, 0.2) is 18.2 Å². The number of carbonyl (C=O) groups excluding carboxylic acids is 1. The molecular weight excluding hydrogens is 164 g/mol. The quantitative estimate of drug-likeness (QED) is 0.718. The van der Waals surface area contributed by atoms with Crippen LogP contribution in [0, 0.1) is 0 Å². The van der Waals surface area contributed by atoms with Crippen LogP contribution in [0.5, 0.6) is 0 Å². The average Bonchev–Trinajstić information content (AvgIpc) is 2.16. The number of ketones is 1. The monoisotopic (exact) mass is 178 g/mol. The van der Waals surface area contributed by atoms with E-state index in [9.17, 15) is 4.79 Å². The summed E-state index contributed by atoms with van der Waals surface area (Å²) >= 11 is 0. The van der Waals surface area contributed by atoms with Gasteiger partial charge in [-0.25, -0.2) is 0 Å². The van der Waals surface area contributed by atoms with Gasteiger partial charge in [0.25, 0.3) is 0 Å². The highest BCUT2D eigenvalue weighted by molar-refractivity contribution is 5.95. The van der Waals surface area contributed by atoms with Crippen molar-refractivity contribution in [2.24, 2.45) is 0 Å². The molecular formula is C11H14O2. The maximum Gasteiger partial charge on any atom is 0.160 e. The minimum Gasteiger partial charge on any atom is -0.392 e. The second-order valence-electron chi connectivity index (χ2n) is 3.06. The van der Waals surface area contributed by atoms with Crippen molar-refractivity contribution in [2.45, 2.75) is 26.9 Å². The van der Waals surface area contributed by atoms with Gasteiger partial charge in [0.2, 0.25) is 0 Å². The van der Waals surface area contributed by atoms with Crippen LogP contribution < -0.4 is 0 Å². The Hall–Kier alpha value is -1.15. The van der Waals surface area contributed by atoms with Crippen LogP contribution in [0.1, 0.15) is 35.3 Å². The van der Waals surface area contributed by atoms with E-state index in [0.717, 1.165) is 23.1 Å². The molecule has 0 amide bonds. The van der Waals surface area contributed by atoms with Gasteiger partial charge in [-0.3, -0.25) is 4.79 Å². The molecule has 70 valence electrons. The average molecular weight is 178 g/mol. The summed E-state index contributed by atoms with van der Waals surface area (Å²) in [6.45, 7) is 3.60. The van der Waals surface area contributed by atoms with Crippen LogP contribution in [-0.4, -0.2) is 10.9 Å². The van der Waals surface area contributed by atoms with E-state index in [1.165, 1.54) is 0 Å². The molecule has 0 aliphatic rings. The number of benzene rings is 1. The molecule has 1 rings (SSSR count). The van der Waals surface area contributed by atoms with E-state index in [1.54, 1.807) is 19.1 Å². The lowest BCUT2D eigenvalue weighted by molar-refractivity contribution is 0.101. The van der Waals surface area contributed by atoms with Crippen LogP contribution in [0.2, 0.25) is 0 Å². The Bertz CT molecular complexity index is 316. The number of hydrogen-bond acceptors (Lipinski definition) is 2. The number of Topliss-reactive ketones (excluding diaryl/α,β-unsaturated/α-hetero) is 1. The first-order valence-electron chi connectivity index (χ1n) is 4.42. The van der Waals surface area contributed by atoms with Gasteiger partial charge in [0.15, 0.2) is 5.78 Å². The molecule has 2 nitrogen and oxygen atoms in total. The Morgan fingerprint density at radius 1 is 1.46 bits per heavy atom. The van der Waals surface area contributed by atoms with Gasteiger partial charge in [-0.1, -0.05) is 25.1 Å². The smallest absolute Gasteiger partial charge is 0.160 e. The zero-order valence-corrected chi connectivity index (χ0v) is 8.00. The van der Waals surface area contributed by atoms with Gasteiger partial charge in [-0.05, 0) is 24.5 Å². The van der Waals surface area contributed by atoms with Gasteiger partial charge in [0.1, 0.15) is 0 Å². The molecule has 0 aliphatic carbocycles. The molecule has 0 fully saturated rings. The van der Waals surface area contributed by atoms with E-state index in [1.807, 2.05) is 13.0 Å². The van der Waals surface area contributed by atoms with Gasteiger partial charge in [0, 0.05) is 5.56 Å². The SMILES string of the molecule is CCc1cc(CO)ccc1C(C)=O. The normalized spacial score (nSPS) is 10.1. The summed E-state index contributed by atoms with van der Waals surface area (Å²) in [4.78, 5) is 11.2. The number of aryl methyl sites for hydroxylation is 1. The van der Waals surface area contributed by atoms with E-state index < -0.39 is 0 Å². The highest BCUT2D eigenvalue weighted by Gasteiger charge is 2.05. The van der Waals surface area contributed by atoms with Crippen molar-refractivity contribution in [2.75, 3.05) is 0 Å². The molecule has 2 heteroatoms. The zero-order valence-electron chi connectivity index (χ0n) is 8.00. The lowest BCUT2D eigenvalue weighted by Crippen LogP contribution is -1.99. The van der Waals surface area contributed by atoms with Crippen molar-refractivity contribution in [3.8, 4) is 0 Å². The molecule has 0 aromatic heterocycles. The highest BCUT2D eigenvalue weighted by atomic mass is 16.3. The fraction of sp³-hybridized carbons (Fsp3) is 0.364. The molecule has 0 unspecified atom stereocenters. The van der Waals surface area contributed by atoms with E-state index in [4.69, 9.17) is 5.11 Å². The lowest BCUT2D eigenvalue weighted by atomic mass is 10.00. The standard InChI is InChI=1S/C11H14O2/c1-3-10-6-9(7-12)4-5-11(10)8(2)13/h4-6,12H,3,7H2,1-2H3. The summed E-state index contributed by atoms with van der Waals surface area (Å²) in [5.41, 5.74) is 2.64. The van der Waals surface area contributed by atoms with E-state index in [2.05, 4.69) is 0 Å². The number of carbonyl (C=O) groups is 1. The predicted octanol–water partition coefficient (Wildman–Crippen LogP) is 1.94. The number of aliphatic hydroxyl groups is 1. The molecule has 13 heavy (non-hydrogen) atoms. The van der Waals surface area contributed by atoms with Crippen LogP contribution in [0.25, 0.3) is 0 Å². The van der Waals surface area contributed by atoms with E-state index in [0.29, 0.717) is 0 Å². The van der Waals surface area contributed by atoms with Gasteiger partial charge in [0.05, 0.1) is 6.61 Å². The van der Waals surface area contributed by atoms with Crippen molar-refractivity contribution < 1.29 is 9.90 Å². The van der Waals surface area contributed by atoms with Crippen LogP contribution in [-0.2, 0) is 13.0 Å². The van der Waals surface area contributed by atoms with Crippen molar-refractivity contribution in [3.05, 3.63) is 34.9 Å². The van der Waals surface area contributed by atoms with Gasteiger partial charge in [-0.2, -0.15) is 0 Å². The van der Waals surface area contributed by atoms with E-state index in [-0.39, 0.29) is 12.4 Å². The number of hydrogen-bond donors (Lipinski definition) is 1. The highest BCUT2D eigenvalue weighted by Crippen LogP contribution is 2.13. The maximum absolute atomic E-state index is 11.2. The first-order valence-corrected chi connectivity index (χ1v) is 4.42. The Kier molecular flexibility index (Phi) is 3.20.